The minimum absolute atomic E-state index is 0.0559. The molecule has 0 saturated carbocycles. The Morgan fingerprint density at radius 3 is 2.65 bits per heavy atom. The smallest absolute Gasteiger partial charge is 0.321 e. The van der Waals surface area contributed by atoms with Gasteiger partial charge in [0.1, 0.15) is 12.4 Å². The van der Waals surface area contributed by atoms with Crippen LogP contribution in [0.25, 0.3) is 0 Å². The van der Waals surface area contributed by atoms with Gasteiger partial charge in [-0.1, -0.05) is 0 Å². The predicted octanol–water partition coefficient (Wildman–Crippen LogP) is 0.285. The molecule has 0 aliphatic heterocycles. The van der Waals surface area contributed by atoms with E-state index < -0.39 is 21.6 Å². The lowest BCUT2D eigenvalue weighted by molar-refractivity contribution is -0.142. The molecule has 0 aromatic heterocycles. The highest BCUT2D eigenvalue weighted by atomic mass is 32.2. The summed E-state index contributed by atoms with van der Waals surface area (Å²) in [5.41, 5.74) is 0. The van der Waals surface area contributed by atoms with Gasteiger partial charge in [0, 0.05) is 13.0 Å². The van der Waals surface area contributed by atoms with E-state index in [4.69, 9.17) is 10.00 Å². The first-order valence-electron chi connectivity index (χ1n) is 5.32. The molecule has 0 aromatic carbocycles. The van der Waals surface area contributed by atoms with Gasteiger partial charge in [-0.2, -0.15) is 5.26 Å². The van der Waals surface area contributed by atoms with Crippen LogP contribution in [-0.4, -0.2) is 45.7 Å². The number of carbonyl (C=O) groups excluding carboxylic acids is 1. The predicted molar refractivity (Wildman–Crippen MR) is 61.0 cm³/mol. The number of nitrogens with zero attached hydrogens (tertiary/aromatic N) is 1. The highest BCUT2D eigenvalue weighted by Gasteiger charge is 2.17. The Morgan fingerprint density at radius 2 is 2.06 bits per heavy atom. The molecule has 0 aliphatic carbocycles. The molecule has 7 heteroatoms. The number of carbonyl (C=O) groups is 1. The SMILES string of the molecule is CCOCCOC(=O)CS(=O)(=O)CCCC#N. The van der Waals surface area contributed by atoms with Crippen LogP contribution in [0.3, 0.4) is 0 Å². The first-order valence-corrected chi connectivity index (χ1v) is 7.14. The summed E-state index contributed by atoms with van der Waals surface area (Å²) in [5.74, 6) is -1.58. The number of nitriles is 1. The second-order valence-corrected chi connectivity index (χ2v) is 5.46. The van der Waals surface area contributed by atoms with Crippen molar-refractivity contribution in [3.8, 4) is 6.07 Å². The standard InChI is InChI=1S/C10H17NO5S/c1-2-15-6-7-16-10(12)9-17(13,14)8-4-3-5-11/h2-4,6-9H2,1H3. The molecule has 0 saturated heterocycles. The summed E-state index contributed by atoms with van der Waals surface area (Å²) in [7, 11) is -3.46. The number of sulfone groups is 1. The lowest BCUT2D eigenvalue weighted by Gasteiger charge is -2.05. The van der Waals surface area contributed by atoms with Gasteiger partial charge in [-0.05, 0) is 13.3 Å². The zero-order chi connectivity index (χ0) is 13.1. The Bertz CT molecular complexity index is 357. The Hall–Kier alpha value is -1.13. The van der Waals surface area contributed by atoms with Crippen molar-refractivity contribution < 1.29 is 22.7 Å². The quantitative estimate of drug-likeness (QED) is 0.438. The molecule has 0 unspecified atom stereocenters. The Labute approximate surface area is 101 Å². The summed E-state index contributed by atoms with van der Waals surface area (Å²) in [6.45, 7) is 2.64. The molecule has 0 bridgehead atoms. The van der Waals surface area contributed by atoms with Gasteiger partial charge >= 0.3 is 5.97 Å². The summed E-state index contributed by atoms with van der Waals surface area (Å²) in [6.07, 6.45) is 0.406. The average Bonchev–Trinajstić information content (AvgIpc) is 2.24. The second-order valence-electron chi connectivity index (χ2n) is 3.27. The third-order valence-electron chi connectivity index (χ3n) is 1.78. The summed E-state index contributed by atoms with van der Waals surface area (Å²) in [5, 5.41) is 8.26. The van der Waals surface area contributed by atoms with Gasteiger partial charge in [-0.15, -0.1) is 0 Å². The minimum Gasteiger partial charge on any atom is -0.462 e. The Balaban J connectivity index is 3.82. The van der Waals surface area contributed by atoms with Crippen molar-refractivity contribution in [3.05, 3.63) is 0 Å². The van der Waals surface area contributed by atoms with E-state index in [0.29, 0.717) is 6.61 Å². The molecule has 17 heavy (non-hydrogen) atoms. The lowest BCUT2D eigenvalue weighted by atomic mass is 10.4. The van der Waals surface area contributed by atoms with Crippen molar-refractivity contribution in [2.24, 2.45) is 0 Å². The van der Waals surface area contributed by atoms with Crippen LogP contribution in [-0.2, 0) is 24.1 Å². The fraction of sp³-hybridized carbons (Fsp3) is 0.800. The summed E-state index contributed by atoms with van der Waals surface area (Å²) < 4.78 is 32.3. The zero-order valence-electron chi connectivity index (χ0n) is 9.85. The van der Waals surface area contributed by atoms with Crippen LogP contribution in [0, 0.1) is 11.3 Å². The van der Waals surface area contributed by atoms with Gasteiger partial charge in [0.25, 0.3) is 0 Å². The van der Waals surface area contributed by atoms with E-state index >= 15 is 0 Å². The fourth-order valence-corrected chi connectivity index (χ4v) is 2.19. The molecule has 0 aromatic rings. The van der Waals surface area contributed by atoms with Gasteiger partial charge in [0.15, 0.2) is 9.84 Å². The maximum absolute atomic E-state index is 11.4. The van der Waals surface area contributed by atoms with Crippen molar-refractivity contribution in [3.63, 3.8) is 0 Å². The van der Waals surface area contributed by atoms with E-state index in [0.717, 1.165) is 0 Å². The number of rotatable bonds is 9. The summed E-state index contributed by atoms with van der Waals surface area (Å²) in [6, 6.07) is 1.84. The van der Waals surface area contributed by atoms with Gasteiger partial charge in [-0.3, -0.25) is 4.79 Å². The van der Waals surface area contributed by atoms with Crippen LogP contribution in [0.4, 0.5) is 0 Å². The highest BCUT2D eigenvalue weighted by Crippen LogP contribution is 1.98. The fourth-order valence-electron chi connectivity index (χ4n) is 1.02. The van der Waals surface area contributed by atoms with E-state index in [1.54, 1.807) is 0 Å². The third-order valence-corrected chi connectivity index (χ3v) is 3.36. The number of esters is 1. The monoisotopic (exact) mass is 263 g/mol. The van der Waals surface area contributed by atoms with Crippen LogP contribution in [0.15, 0.2) is 0 Å². The molecule has 0 fully saturated rings. The number of hydrogen-bond donors (Lipinski definition) is 0. The molecular formula is C10H17NO5S. The highest BCUT2D eigenvalue weighted by molar-refractivity contribution is 7.92. The lowest BCUT2D eigenvalue weighted by Crippen LogP contribution is -2.22. The topological polar surface area (TPSA) is 93.5 Å². The van der Waals surface area contributed by atoms with Crippen LogP contribution >= 0.6 is 0 Å². The maximum Gasteiger partial charge on any atom is 0.321 e. The van der Waals surface area contributed by atoms with Crippen molar-refractivity contribution in [1.29, 1.82) is 5.26 Å². The van der Waals surface area contributed by atoms with Gasteiger partial charge < -0.3 is 9.47 Å². The van der Waals surface area contributed by atoms with Crippen molar-refractivity contribution in [2.45, 2.75) is 19.8 Å². The van der Waals surface area contributed by atoms with Crippen LogP contribution in [0.5, 0.6) is 0 Å². The molecule has 0 heterocycles. The number of hydrogen-bond acceptors (Lipinski definition) is 6. The van der Waals surface area contributed by atoms with Gasteiger partial charge in [0.2, 0.25) is 0 Å². The van der Waals surface area contributed by atoms with Gasteiger partial charge in [-0.25, -0.2) is 8.42 Å². The van der Waals surface area contributed by atoms with Crippen LogP contribution in [0.2, 0.25) is 0 Å². The number of unbranched alkanes of at least 4 members (excludes halogenated alkanes) is 1. The third kappa shape index (κ3) is 9.78. The molecule has 0 radical (unpaired) electrons. The van der Waals surface area contributed by atoms with Crippen molar-refractivity contribution in [1.82, 2.24) is 0 Å². The molecule has 0 aliphatic rings. The van der Waals surface area contributed by atoms with Crippen molar-refractivity contribution in [2.75, 3.05) is 31.3 Å². The average molecular weight is 263 g/mol. The molecule has 0 spiro atoms. The molecule has 6 nitrogen and oxygen atoms in total. The Kier molecular flexibility index (Phi) is 8.36. The summed E-state index contributed by atoms with van der Waals surface area (Å²) >= 11 is 0. The maximum atomic E-state index is 11.4. The molecule has 0 amide bonds. The molecular weight excluding hydrogens is 246 g/mol. The molecule has 0 atom stereocenters. The van der Waals surface area contributed by atoms with E-state index in [2.05, 4.69) is 4.74 Å². The van der Waals surface area contributed by atoms with E-state index in [1.165, 1.54) is 0 Å². The molecule has 0 N–H and O–H groups in total. The van der Waals surface area contributed by atoms with Crippen LogP contribution < -0.4 is 0 Å². The number of ether oxygens (including phenoxy) is 2. The first-order chi connectivity index (χ1) is 8.02. The normalized spacial score (nSPS) is 10.8. The Morgan fingerprint density at radius 1 is 1.35 bits per heavy atom. The first kappa shape index (κ1) is 15.9. The van der Waals surface area contributed by atoms with E-state index in [-0.39, 0.29) is 31.8 Å². The largest absolute Gasteiger partial charge is 0.462 e. The van der Waals surface area contributed by atoms with E-state index in [9.17, 15) is 13.2 Å². The zero-order valence-corrected chi connectivity index (χ0v) is 10.7. The minimum atomic E-state index is -3.46. The second kappa shape index (κ2) is 8.96. The van der Waals surface area contributed by atoms with Crippen LogP contribution in [0.1, 0.15) is 19.8 Å². The van der Waals surface area contributed by atoms with Crippen molar-refractivity contribution >= 4 is 15.8 Å². The molecule has 0 rings (SSSR count). The summed E-state index contributed by atoms with van der Waals surface area (Å²) in [4.78, 5) is 11.1. The van der Waals surface area contributed by atoms with Gasteiger partial charge in [0.05, 0.1) is 18.4 Å². The van der Waals surface area contributed by atoms with E-state index in [1.807, 2.05) is 13.0 Å². The molecule has 98 valence electrons.